The Morgan fingerprint density at radius 3 is 2.05 bits per heavy atom. The molecule has 1 aromatic carbocycles. The molecule has 5 rings (SSSR count). The van der Waals surface area contributed by atoms with E-state index >= 15 is 0 Å². The smallest absolute Gasteiger partial charge is 0.202 e. The summed E-state index contributed by atoms with van der Waals surface area (Å²) in [4.78, 5) is 0. The van der Waals surface area contributed by atoms with Crippen molar-refractivity contribution in [3.05, 3.63) is 41.5 Å². The third-order valence-electron chi connectivity index (χ3n) is 4.72. The predicted molar refractivity (Wildman–Crippen MR) is 81.2 cm³/mol. The number of hydrogen-bond donors (Lipinski definition) is 3. The summed E-state index contributed by atoms with van der Waals surface area (Å²) in [6.45, 7) is 0. The van der Waals surface area contributed by atoms with Gasteiger partial charge < -0.3 is 20.1 Å². The van der Waals surface area contributed by atoms with Gasteiger partial charge in [0.05, 0.1) is 12.8 Å². The second-order valence-corrected chi connectivity index (χ2v) is 5.84. The number of rotatable bonds is 2. The standard InChI is InChI=1S/C17H17NO4/c1-22-13-7-6-11(8-12(13)19)18-16(20)14-9-2-3-10(5-4-9)15(14)17(18)21/h2-3,6-10,19-21H,4-5H2,1H3/t9-,10+. The van der Waals surface area contributed by atoms with Crippen LogP contribution in [0.5, 0.6) is 23.3 Å². The average Bonchev–Trinajstić information content (AvgIpc) is 2.82. The molecule has 0 fully saturated rings. The number of fused-ring (bicyclic) bond motifs is 1. The molecule has 2 bridgehead atoms. The van der Waals surface area contributed by atoms with Gasteiger partial charge in [0.15, 0.2) is 11.5 Å². The third kappa shape index (κ3) is 1.59. The molecule has 1 aromatic heterocycles. The number of allylic oxidation sites excluding steroid dienone is 2. The van der Waals surface area contributed by atoms with Gasteiger partial charge in [-0.1, -0.05) is 12.2 Å². The molecule has 0 amide bonds. The SMILES string of the molecule is COc1ccc(-n2c(O)c3c(c2O)[C@H]2C=C[C@@H]3CC2)cc1O. The summed E-state index contributed by atoms with van der Waals surface area (Å²) in [6.07, 6.45) is 6.18. The van der Waals surface area contributed by atoms with Crippen LogP contribution in [0.15, 0.2) is 30.4 Å². The van der Waals surface area contributed by atoms with E-state index in [0.29, 0.717) is 11.4 Å². The van der Waals surface area contributed by atoms with E-state index in [1.54, 1.807) is 12.1 Å². The van der Waals surface area contributed by atoms with Crippen LogP contribution >= 0.6 is 0 Å². The van der Waals surface area contributed by atoms with Crippen LogP contribution in [-0.4, -0.2) is 27.0 Å². The fourth-order valence-electron chi connectivity index (χ4n) is 3.68. The molecule has 1 heterocycles. The van der Waals surface area contributed by atoms with Crippen LogP contribution in [0, 0.1) is 0 Å². The Balaban J connectivity index is 1.91. The van der Waals surface area contributed by atoms with Crippen molar-refractivity contribution in [3.63, 3.8) is 0 Å². The van der Waals surface area contributed by atoms with Crippen LogP contribution < -0.4 is 4.74 Å². The minimum atomic E-state index is -0.0356. The average molecular weight is 299 g/mol. The van der Waals surface area contributed by atoms with Crippen molar-refractivity contribution in [3.8, 4) is 28.9 Å². The third-order valence-corrected chi connectivity index (χ3v) is 4.72. The zero-order chi connectivity index (χ0) is 15.4. The highest BCUT2D eigenvalue weighted by molar-refractivity contribution is 5.61. The monoisotopic (exact) mass is 299 g/mol. The van der Waals surface area contributed by atoms with Gasteiger partial charge in [-0.25, -0.2) is 0 Å². The van der Waals surface area contributed by atoms with E-state index in [4.69, 9.17) is 4.74 Å². The Bertz CT molecular complexity index is 753. The van der Waals surface area contributed by atoms with E-state index in [9.17, 15) is 15.3 Å². The van der Waals surface area contributed by atoms with E-state index in [0.717, 1.165) is 24.0 Å². The van der Waals surface area contributed by atoms with E-state index < -0.39 is 0 Å². The van der Waals surface area contributed by atoms with E-state index in [1.807, 2.05) is 0 Å². The van der Waals surface area contributed by atoms with Gasteiger partial charge in [0.2, 0.25) is 11.8 Å². The fraction of sp³-hybridized carbons (Fsp3) is 0.294. The second kappa shape index (κ2) is 4.47. The van der Waals surface area contributed by atoms with Gasteiger partial charge in [-0.05, 0) is 25.0 Å². The topological polar surface area (TPSA) is 74.9 Å². The first-order valence-electron chi connectivity index (χ1n) is 7.34. The van der Waals surface area contributed by atoms with Crippen LogP contribution in [0.1, 0.15) is 35.8 Å². The summed E-state index contributed by atoms with van der Waals surface area (Å²) in [5.41, 5.74) is 2.13. The molecule has 0 aliphatic heterocycles. The maximum Gasteiger partial charge on any atom is 0.202 e. The van der Waals surface area contributed by atoms with E-state index in [-0.39, 0.29) is 29.3 Å². The van der Waals surface area contributed by atoms with Crippen molar-refractivity contribution >= 4 is 0 Å². The van der Waals surface area contributed by atoms with Gasteiger partial charge in [-0.2, -0.15) is 0 Å². The second-order valence-electron chi connectivity index (χ2n) is 5.84. The van der Waals surface area contributed by atoms with Gasteiger partial charge >= 0.3 is 0 Å². The van der Waals surface area contributed by atoms with Crippen molar-refractivity contribution in [2.45, 2.75) is 24.7 Å². The number of aromatic hydroxyl groups is 3. The van der Waals surface area contributed by atoms with Crippen molar-refractivity contribution in [2.24, 2.45) is 0 Å². The summed E-state index contributed by atoms with van der Waals surface area (Å²) >= 11 is 0. The molecule has 2 atom stereocenters. The minimum Gasteiger partial charge on any atom is -0.504 e. The van der Waals surface area contributed by atoms with Crippen LogP contribution in [0.4, 0.5) is 0 Å². The van der Waals surface area contributed by atoms with Crippen LogP contribution in [-0.2, 0) is 0 Å². The zero-order valence-corrected chi connectivity index (χ0v) is 12.2. The van der Waals surface area contributed by atoms with Crippen LogP contribution in [0.2, 0.25) is 0 Å². The van der Waals surface area contributed by atoms with Crippen molar-refractivity contribution in [2.75, 3.05) is 7.11 Å². The Morgan fingerprint density at radius 2 is 1.59 bits per heavy atom. The van der Waals surface area contributed by atoms with Gasteiger partial charge in [-0.15, -0.1) is 0 Å². The predicted octanol–water partition coefficient (Wildman–Crippen LogP) is 3.13. The van der Waals surface area contributed by atoms with Crippen LogP contribution in [0.3, 0.4) is 0 Å². The number of hydrogen-bond acceptors (Lipinski definition) is 4. The number of nitrogens with zero attached hydrogens (tertiary/aromatic N) is 1. The summed E-state index contributed by atoms with van der Waals surface area (Å²) in [5, 5.41) is 31.1. The normalized spacial score (nSPS) is 21.9. The van der Waals surface area contributed by atoms with Crippen molar-refractivity contribution in [1.82, 2.24) is 4.57 Å². The maximum absolute atomic E-state index is 10.6. The summed E-state index contributed by atoms with van der Waals surface area (Å²) < 4.78 is 6.42. The Morgan fingerprint density at radius 1 is 1.00 bits per heavy atom. The Labute approximate surface area is 127 Å². The Hall–Kier alpha value is -2.56. The first-order valence-corrected chi connectivity index (χ1v) is 7.34. The minimum absolute atomic E-state index is 0.0356. The molecular weight excluding hydrogens is 282 g/mol. The fourth-order valence-corrected chi connectivity index (χ4v) is 3.68. The molecule has 3 aliphatic rings. The number of phenolic OH excluding ortho intramolecular Hbond substituents is 1. The highest BCUT2D eigenvalue weighted by Gasteiger charge is 2.37. The molecule has 3 N–H and O–H groups in total. The number of phenols is 1. The molecule has 22 heavy (non-hydrogen) atoms. The van der Waals surface area contributed by atoms with Crippen LogP contribution in [0.25, 0.3) is 5.69 Å². The lowest BCUT2D eigenvalue weighted by molar-refractivity contribution is 0.372. The van der Waals surface area contributed by atoms with E-state index in [2.05, 4.69) is 12.2 Å². The van der Waals surface area contributed by atoms with E-state index in [1.165, 1.54) is 17.7 Å². The van der Waals surface area contributed by atoms with Gasteiger partial charge in [0, 0.05) is 29.0 Å². The molecule has 0 saturated carbocycles. The van der Waals surface area contributed by atoms with Crippen molar-refractivity contribution < 1.29 is 20.1 Å². The lowest BCUT2D eigenvalue weighted by atomic mass is 9.73. The summed E-state index contributed by atoms with van der Waals surface area (Å²) in [7, 11) is 1.47. The lowest BCUT2D eigenvalue weighted by Crippen LogP contribution is -2.15. The molecule has 0 unspecified atom stereocenters. The molecule has 2 aromatic rings. The number of benzene rings is 1. The van der Waals surface area contributed by atoms with Gasteiger partial charge in [-0.3, -0.25) is 4.57 Å². The highest BCUT2D eigenvalue weighted by Crippen LogP contribution is 2.54. The van der Waals surface area contributed by atoms with Gasteiger partial charge in [0.1, 0.15) is 0 Å². The molecule has 5 nitrogen and oxygen atoms in total. The van der Waals surface area contributed by atoms with Crippen molar-refractivity contribution in [1.29, 1.82) is 0 Å². The quantitative estimate of drug-likeness (QED) is 0.745. The summed E-state index contributed by atoms with van der Waals surface area (Å²) in [5.74, 6) is 0.721. The summed E-state index contributed by atoms with van der Waals surface area (Å²) in [6, 6.07) is 4.77. The van der Waals surface area contributed by atoms with Gasteiger partial charge in [0.25, 0.3) is 0 Å². The first-order chi connectivity index (χ1) is 10.6. The maximum atomic E-state index is 10.6. The Kier molecular flexibility index (Phi) is 2.66. The molecule has 0 radical (unpaired) electrons. The highest BCUT2D eigenvalue weighted by atomic mass is 16.5. The largest absolute Gasteiger partial charge is 0.504 e. The molecule has 5 heteroatoms. The number of methoxy groups -OCH3 is 1. The molecule has 114 valence electrons. The first kappa shape index (κ1) is 13.1. The molecular formula is C17H17NO4. The number of ether oxygens (including phenoxy) is 1. The number of aromatic nitrogens is 1. The molecule has 0 saturated heterocycles. The zero-order valence-electron chi connectivity index (χ0n) is 12.2. The molecule has 0 spiro atoms. The molecule has 3 aliphatic carbocycles. The lowest BCUT2D eigenvalue weighted by Gasteiger charge is -2.30.